The van der Waals surface area contributed by atoms with Crippen LogP contribution in [0.4, 0.5) is 0 Å². The van der Waals surface area contributed by atoms with Crippen LogP contribution in [-0.2, 0) is 16.1 Å². The molecule has 1 atom stereocenters. The van der Waals surface area contributed by atoms with Crippen LogP contribution in [0.2, 0.25) is 0 Å². The third-order valence-electron chi connectivity index (χ3n) is 6.11. The Morgan fingerprint density at radius 2 is 1.62 bits per heavy atom. The number of hydrogen-bond acceptors (Lipinski definition) is 5. The van der Waals surface area contributed by atoms with Crippen LogP contribution in [0.5, 0.6) is 11.5 Å². The summed E-state index contributed by atoms with van der Waals surface area (Å²) < 4.78 is 10.8. The normalized spacial score (nSPS) is 17.2. The molecule has 3 aromatic carbocycles. The predicted molar refractivity (Wildman–Crippen MR) is 130 cm³/mol. The number of aryl methyl sites for hydroxylation is 2. The molecule has 3 aromatic rings. The van der Waals surface area contributed by atoms with Gasteiger partial charge in [0.05, 0.1) is 25.8 Å². The molecule has 0 spiro atoms. The van der Waals surface area contributed by atoms with Crippen molar-refractivity contribution in [2.75, 3.05) is 14.2 Å². The third kappa shape index (κ3) is 4.15. The van der Waals surface area contributed by atoms with E-state index in [2.05, 4.69) is 0 Å². The molecule has 6 heteroatoms. The standard InChI is InChI=1S/C28H27NO5/c1-17-10-11-18(2)21(14-17)26(30)24-25(20-12-13-22(33-3)23(15-20)34-4)29(28(32)27(24)31)16-19-8-6-5-7-9-19/h5-15,25,30H,16H2,1-4H3. The van der Waals surface area contributed by atoms with Gasteiger partial charge in [0, 0.05) is 12.1 Å². The van der Waals surface area contributed by atoms with E-state index in [1.807, 2.05) is 62.4 Å². The van der Waals surface area contributed by atoms with Gasteiger partial charge in [0.1, 0.15) is 5.76 Å². The maximum Gasteiger partial charge on any atom is 0.295 e. The summed E-state index contributed by atoms with van der Waals surface area (Å²) in [5, 5.41) is 11.4. The average molecular weight is 458 g/mol. The van der Waals surface area contributed by atoms with E-state index >= 15 is 0 Å². The molecule has 1 unspecified atom stereocenters. The van der Waals surface area contributed by atoms with Gasteiger partial charge < -0.3 is 19.5 Å². The summed E-state index contributed by atoms with van der Waals surface area (Å²) >= 11 is 0. The molecular weight excluding hydrogens is 430 g/mol. The Kier molecular flexibility index (Phi) is 6.41. The van der Waals surface area contributed by atoms with Gasteiger partial charge in [-0.3, -0.25) is 9.59 Å². The van der Waals surface area contributed by atoms with Crippen molar-refractivity contribution in [2.45, 2.75) is 26.4 Å². The molecule has 6 nitrogen and oxygen atoms in total. The number of methoxy groups -OCH3 is 2. The Bertz CT molecular complexity index is 1280. The van der Waals surface area contributed by atoms with Gasteiger partial charge in [0.15, 0.2) is 11.5 Å². The summed E-state index contributed by atoms with van der Waals surface area (Å²) in [4.78, 5) is 28.1. The van der Waals surface area contributed by atoms with Crippen molar-refractivity contribution in [3.05, 3.63) is 100 Å². The van der Waals surface area contributed by atoms with Crippen LogP contribution >= 0.6 is 0 Å². The zero-order valence-electron chi connectivity index (χ0n) is 19.7. The van der Waals surface area contributed by atoms with Crippen molar-refractivity contribution < 1.29 is 24.2 Å². The highest BCUT2D eigenvalue weighted by Gasteiger charge is 2.46. The second-order valence-electron chi connectivity index (χ2n) is 8.35. The number of benzene rings is 3. The molecule has 1 heterocycles. The second-order valence-corrected chi connectivity index (χ2v) is 8.35. The minimum atomic E-state index is -0.792. The van der Waals surface area contributed by atoms with Crippen molar-refractivity contribution in [3.63, 3.8) is 0 Å². The van der Waals surface area contributed by atoms with E-state index in [1.165, 1.54) is 12.0 Å². The molecule has 174 valence electrons. The fourth-order valence-electron chi connectivity index (χ4n) is 4.33. The molecule has 4 rings (SSSR count). The fourth-order valence-corrected chi connectivity index (χ4v) is 4.33. The number of likely N-dealkylation sites (tertiary alicyclic amines) is 1. The largest absolute Gasteiger partial charge is 0.507 e. The van der Waals surface area contributed by atoms with Gasteiger partial charge in [-0.1, -0.05) is 54.1 Å². The molecule has 1 aliphatic heterocycles. The summed E-state index contributed by atoms with van der Waals surface area (Å²) in [6.45, 7) is 3.99. The molecule has 1 fully saturated rings. The number of Topliss-reactive ketones (excluding diaryl/α,β-unsaturated/α-hetero) is 1. The molecular formula is C28H27NO5. The van der Waals surface area contributed by atoms with Crippen LogP contribution in [-0.4, -0.2) is 35.9 Å². The predicted octanol–water partition coefficient (Wildman–Crippen LogP) is 4.94. The Morgan fingerprint density at radius 1 is 0.912 bits per heavy atom. The molecule has 1 saturated heterocycles. The van der Waals surface area contributed by atoms with Gasteiger partial charge in [0.2, 0.25) is 0 Å². The lowest BCUT2D eigenvalue weighted by atomic mass is 9.93. The van der Waals surface area contributed by atoms with Crippen molar-refractivity contribution in [1.82, 2.24) is 4.90 Å². The van der Waals surface area contributed by atoms with Gasteiger partial charge in [-0.2, -0.15) is 0 Å². The summed E-state index contributed by atoms with van der Waals surface area (Å²) in [5.74, 6) is -0.558. The smallest absolute Gasteiger partial charge is 0.295 e. The van der Waals surface area contributed by atoms with Crippen molar-refractivity contribution in [1.29, 1.82) is 0 Å². The van der Waals surface area contributed by atoms with Gasteiger partial charge in [-0.25, -0.2) is 0 Å². The van der Waals surface area contributed by atoms with Crippen LogP contribution in [0.25, 0.3) is 5.76 Å². The van der Waals surface area contributed by atoms with E-state index in [0.29, 0.717) is 22.6 Å². The number of ether oxygens (including phenoxy) is 2. The van der Waals surface area contributed by atoms with E-state index in [0.717, 1.165) is 16.7 Å². The zero-order valence-corrected chi connectivity index (χ0v) is 19.7. The lowest BCUT2D eigenvalue weighted by Crippen LogP contribution is -2.29. The molecule has 0 radical (unpaired) electrons. The first kappa shape index (κ1) is 23.1. The highest BCUT2D eigenvalue weighted by molar-refractivity contribution is 6.46. The minimum absolute atomic E-state index is 0.0573. The molecule has 1 amide bonds. The molecule has 0 bridgehead atoms. The summed E-state index contributed by atoms with van der Waals surface area (Å²) in [7, 11) is 3.07. The molecule has 0 aromatic heterocycles. The van der Waals surface area contributed by atoms with Crippen molar-refractivity contribution >= 4 is 17.4 Å². The lowest BCUT2D eigenvalue weighted by molar-refractivity contribution is -0.140. The first-order valence-electron chi connectivity index (χ1n) is 11.0. The number of ketones is 1. The van der Waals surface area contributed by atoms with Crippen LogP contribution < -0.4 is 9.47 Å². The van der Waals surface area contributed by atoms with E-state index in [9.17, 15) is 14.7 Å². The van der Waals surface area contributed by atoms with Crippen LogP contribution in [0, 0.1) is 13.8 Å². The monoisotopic (exact) mass is 457 g/mol. The molecule has 0 aliphatic carbocycles. The lowest BCUT2D eigenvalue weighted by Gasteiger charge is -2.26. The van der Waals surface area contributed by atoms with Crippen LogP contribution in [0.1, 0.15) is 33.9 Å². The minimum Gasteiger partial charge on any atom is -0.507 e. The molecule has 34 heavy (non-hydrogen) atoms. The van der Waals surface area contributed by atoms with Crippen LogP contribution in [0.15, 0.2) is 72.3 Å². The highest BCUT2D eigenvalue weighted by Crippen LogP contribution is 2.43. The van der Waals surface area contributed by atoms with E-state index in [4.69, 9.17) is 9.47 Å². The first-order valence-corrected chi connectivity index (χ1v) is 11.0. The molecule has 1 N–H and O–H groups in total. The van der Waals surface area contributed by atoms with Gasteiger partial charge >= 0.3 is 0 Å². The number of aliphatic hydroxyl groups is 1. The van der Waals surface area contributed by atoms with E-state index in [1.54, 1.807) is 25.3 Å². The number of hydrogen-bond donors (Lipinski definition) is 1. The third-order valence-corrected chi connectivity index (χ3v) is 6.11. The maximum absolute atomic E-state index is 13.3. The topological polar surface area (TPSA) is 76.1 Å². The van der Waals surface area contributed by atoms with Gasteiger partial charge in [-0.15, -0.1) is 0 Å². The van der Waals surface area contributed by atoms with Crippen molar-refractivity contribution in [2.24, 2.45) is 0 Å². The summed E-state index contributed by atoms with van der Waals surface area (Å²) in [6.07, 6.45) is 0. The van der Waals surface area contributed by atoms with Crippen LogP contribution in [0.3, 0.4) is 0 Å². The van der Waals surface area contributed by atoms with Gasteiger partial charge in [0.25, 0.3) is 11.7 Å². The molecule has 1 aliphatic rings. The quantitative estimate of drug-likeness (QED) is 0.322. The number of amides is 1. The van der Waals surface area contributed by atoms with E-state index < -0.39 is 17.7 Å². The SMILES string of the molecule is COc1ccc(C2C(=C(O)c3cc(C)ccc3C)C(=O)C(=O)N2Cc2ccccc2)cc1OC. The number of carbonyl (C=O) groups excluding carboxylic acids is 2. The van der Waals surface area contributed by atoms with Crippen molar-refractivity contribution in [3.8, 4) is 11.5 Å². The Morgan fingerprint density at radius 3 is 2.29 bits per heavy atom. The zero-order chi connectivity index (χ0) is 24.4. The fraction of sp³-hybridized carbons (Fsp3) is 0.214. The maximum atomic E-state index is 13.3. The number of nitrogens with zero attached hydrogens (tertiary/aromatic N) is 1. The summed E-state index contributed by atoms with van der Waals surface area (Å²) in [6, 6.07) is 19.6. The average Bonchev–Trinajstić information content (AvgIpc) is 3.10. The number of aliphatic hydroxyl groups excluding tert-OH is 1. The Labute approximate surface area is 199 Å². The number of carbonyl (C=O) groups is 2. The summed E-state index contributed by atoms with van der Waals surface area (Å²) in [5.41, 5.74) is 3.85. The van der Waals surface area contributed by atoms with Gasteiger partial charge in [-0.05, 0) is 48.7 Å². The number of rotatable bonds is 6. The Hall–Kier alpha value is -4.06. The first-order chi connectivity index (χ1) is 16.3. The molecule has 0 saturated carbocycles. The van der Waals surface area contributed by atoms with E-state index in [-0.39, 0.29) is 17.9 Å². The highest BCUT2D eigenvalue weighted by atomic mass is 16.5. The second kappa shape index (κ2) is 9.43. The Balaban J connectivity index is 1.93.